The number of halogens is 1. The molecule has 0 saturated carbocycles. The maximum Gasteiger partial charge on any atom is 0.351 e. The van der Waals surface area contributed by atoms with E-state index in [0.717, 1.165) is 31.5 Å². The molecule has 1 heterocycles. The van der Waals surface area contributed by atoms with Crippen LogP contribution < -0.4 is 14.4 Å². The van der Waals surface area contributed by atoms with Crippen molar-refractivity contribution in [2.75, 3.05) is 26.2 Å². The normalized spacial score (nSPS) is 14.8. The van der Waals surface area contributed by atoms with E-state index in [9.17, 15) is 17.6 Å². The first-order valence-corrected chi connectivity index (χ1v) is 9.18. The van der Waals surface area contributed by atoms with Crippen LogP contribution >= 0.6 is 0 Å². The number of rotatable bonds is 4. The molecule has 9 heteroatoms. The summed E-state index contributed by atoms with van der Waals surface area (Å²) < 4.78 is 54.4. The van der Waals surface area contributed by atoms with E-state index >= 15 is 0 Å². The Morgan fingerprint density at radius 3 is 2.33 bits per heavy atom. The second kappa shape index (κ2) is 6.92. The fraction of sp³-hybridized carbons (Fsp3) is 0.167. The number of nitrogens with zero attached hydrogens (tertiary/aromatic N) is 1. The third-order valence-corrected chi connectivity index (χ3v) is 5.81. The maximum absolute atomic E-state index is 13.8. The number of hydrogen-bond donors (Lipinski definition) is 0. The van der Waals surface area contributed by atoms with Crippen molar-refractivity contribution >= 4 is 27.2 Å². The molecule has 3 rings (SSSR count). The van der Waals surface area contributed by atoms with Crippen LogP contribution in [0.1, 0.15) is 0 Å². The van der Waals surface area contributed by atoms with E-state index in [1.54, 1.807) is 18.2 Å². The number of anilines is 2. The lowest BCUT2D eigenvalue weighted by Gasteiger charge is -2.28. The molecule has 1 aliphatic heterocycles. The van der Waals surface area contributed by atoms with E-state index in [0.29, 0.717) is 17.2 Å². The fourth-order valence-corrected chi connectivity index (χ4v) is 4.20. The monoisotopic (exact) mass is 393 g/mol. The molecule has 142 valence electrons. The second-order valence-corrected chi connectivity index (χ2v) is 7.40. The number of sulfone groups is 1. The first-order valence-electron chi connectivity index (χ1n) is 7.69. The van der Waals surface area contributed by atoms with Crippen LogP contribution in [0.2, 0.25) is 0 Å². The lowest BCUT2D eigenvalue weighted by atomic mass is 10.2. The fourth-order valence-electron chi connectivity index (χ4n) is 2.73. The highest BCUT2D eigenvalue weighted by Gasteiger charge is 2.37. The molecule has 2 aromatic rings. The SMILES string of the molecule is COC(=O)C1=CN(c2ccc(OC)c(OC)c2)c2cc(F)ccc2S1(=O)=O. The Kier molecular flexibility index (Phi) is 4.79. The zero-order valence-electron chi connectivity index (χ0n) is 14.7. The van der Waals surface area contributed by atoms with Crippen molar-refractivity contribution in [1.82, 2.24) is 0 Å². The van der Waals surface area contributed by atoms with Gasteiger partial charge in [0.25, 0.3) is 0 Å². The number of benzene rings is 2. The molecule has 0 N–H and O–H groups in total. The van der Waals surface area contributed by atoms with Crippen molar-refractivity contribution in [3.8, 4) is 11.5 Å². The van der Waals surface area contributed by atoms with Gasteiger partial charge in [-0.3, -0.25) is 0 Å². The predicted molar refractivity (Wildman–Crippen MR) is 95.4 cm³/mol. The van der Waals surface area contributed by atoms with Crippen LogP contribution in [0.25, 0.3) is 0 Å². The van der Waals surface area contributed by atoms with E-state index in [2.05, 4.69) is 4.74 Å². The Bertz CT molecular complexity index is 1050. The molecule has 0 amide bonds. The summed E-state index contributed by atoms with van der Waals surface area (Å²) in [6, 6.07) is 8.03. The summed E-state index contributed by atoms with van der Waals surface area (Å²) >= 11 is 0. The summed E-state index contributed by atoms with van der Waals surface area (Å²) in [7, 11) is -0.148. The average Bonchev–Trinajstić information content (AvgIpc) is 2.66. The highest BCUT2D eigenvalue weighted by atomic mass is 32.2. The smallest absolute Gasteiger partial charge is 0.351 e. The van der Waals surface area contributed by atoms with Crippen molar-refractivity contribution in [3.05, 3.63) is 53.3 Å². The molecule has 2 aromatic carbocycles. The van der Waals surface area contributed by atoms with E-state index in [1.165, 1.54) is 19.1 Å². The van der Waals surface area contributed by atoms with Gasteiger partial charge < -0.3 is 19.1 Å². The van der Waals surface area contributed by atoms with E-state index in [1.807, 2.05) is 0 Å². The molecular formula is C18H16FNO6S. The Labute approximate surface area is 155 Å². The minimum absolute atomic E-state index is 0.0647. The van der Waals surface area contributed by atoms with Gasteiger partial charge in [0.1, 0.15) is 5.82 Å². The van der Waals surface area contributed by atoms with Gasteiger partial charge in [0, 0.05) is 18.0 Å². The summed E-state index contributed by atoms with van der Waals surface area (Å²) in [5, 5.41) is 0. The largest absolute Gasteiger partial charge is 0.493 e. The summed E-state index contributed by atoms with van der Waals surface area (Å²) in [5.41, 5.74) is 0.505. The highest BCUT2D eigenvalue weighted by Crippen LogP contribution is 2.42. The zero-order chi connectivity index (χ0) is 19.8. The van der Waals surface area contributed by atoms with E-state index < -0.39 is 26.5 Å². The maximum atomic E-state index is 13.8. The molecule has 0 saturated heterocycles. The van der Waals surface area contributed by atoms with Gasteiger partial charge in [0.2, 0.25) is 9.84 Å². The summed E-state index contributed by atoms with van der Waals surface area (Å²) in [6.07, 6.45) is 1.10. The lowest BCUT2D eigenvalue weighted by molar-refractivity contribution is -0.135. The molecule has 0 bridgehead atoms. The number of carbonyl (C=O) groups is 1. The summed E-state index contributed by atoms with van der Waals surface area (Å²) in [5.74, 6) is -0.795. The topological polar surface area (TPSA) is 82.1 Å². The molecule has 0 aromatic heterocycles. The number of esters is 1. The number of ether oxygens (including phenoxy) is 3. The minimum atomic E-state index is -4.16. The third-order valence-electron chi connectivity index (χ3n) is 4.04. The van der Waals surface area contributed by atoms with Crippen molar-refractivity contribution < 1.29 is 31.8 Å². The van der Waals surface area contributed by atoms with Crippen LogP contribution in [0.4, 0.5) is 15.8 Å². The van der Waals surface area contributed by atoms with Crippen LogP contribution in [-0.4, -0.2) is 35.7 Å². The Morgan fingerprint density at radius 2 is 1.70 bits per heavy atom. The molecule has 0 unspecified atom stereocenters. The van der Waals surface area contributed by atoms with Crippen LogP contribution in [0.3, 0.4) is 0 Å². The summed E-state index contributed by atoms with van der Waals surface area (Å²) in [6.45, 7) is 0. The highest BCUT2D eigenvalue weighted by molar-refractivity contribution is 7.96. The number of carbonyl (C=O) groups excluding carboxylic acids is 1. The molecule has 7 nitrogen and oxygen atoms in total. The van der Waals surface area contributed by atoms with Gasteiger partial charge in [-0.25, -0.2) is 17.6 Å². The van der Waals surface area contributed by atoms with Gasteiger partial charge in [-0.1, -0.05) is 0 Å². The van der Waals surface area contributed by atoms with Crippen molar-refractivity contribution in [3.63, 3.8) is 0 Å². The van der Waals surface area contributed by atoms with Gasteiger partial charge in [-0.2, -0.15) is 0 Å². The lowest BCUT2D eigenvalue weighted by Crippen LogP contribution is -2.26. The van der Waals surface area contributed by atoms with Gasteiger partial charge >= 0.3 is 5.97 Å². The molecule has 0 atom stereocenters. The van der Waals surface area contributed by atoms with Crippen LogP contribution in [0.15, 0.2) is 52.4 Å². The average molecular weight is 393 g/mol. The molecule has 0 radical (unpaired) electrons. The molecule has 0 aliphatic carbocycles. The van der Waals surface area contributed by atoms with Crippen molar-refractivity contribution in [2.45, 2.75) is 4.90 Å². The van der Waals surface area contributed by atoms with E-state index in [4.69, 9.17) is 9.47 Å². The van der Waals surface area contributed by atoms with E-state index in [-0.39, 0.29) is 10.6 Å². The predicted octanol–water partition coefficient (Wildman–Crippen LogP) is 2.78. The zero-order valence-corrected chi connectivity index (χ0v) is 15.5. The van der Waals surface area contributed by atoms with Crippen molar-refractivity contribution in [2.24, 2.45) is 0 Å². The third kappa shape index (κ3) is 3.10. The molecule has 0 fully saturated rings. The molecule has 1 aliphatic rings. The second-order valence-electron chi connectivity index (χ2n) is 5.51. The summed E-state index contributed by atoms with van der Waals surface area (Å²) in [4.78, 5) is 12.7. The number of methoxy groups -OCH3 is 3. The number of fused-ring (bicyclic) bond motifs is 1. The van der Waals surface area contributed by atoms with Gasteiger partial charge in [-0.15, -0.1) is 0 Å². The van der Waals surface area contributed by atoms with Crippen LogP contribution in [0, 0.1) is 5.82 Å². The van der Waals surface area contributed by atoms with Crippen molar-refractivity contribution in [1.29, 1.82) is 0 Å². The first-order chi connectivity index (χ1) is 12.8. The Balaban J connectivity index is 2.28. The van der Waals surface area contributed by atoms with Gasteiger partial charge in [-0.05, 0) is 30.3 Å². The Hall–Kier alpha value is -3.07. The quantitative estimate of drug-likeness (QED) is 0.583. The van der Waals surface area contributed by atoms with Crippen LogP contribution in [-0.2, 0) is 19.4 Å². The molecule has 27 heavy (non-hydrogen) atoms. The van der Waals surface area contributed by atoms with Gasteiger partial charge in [0.05, 0.1) is 31.9 Å². The molecular weight excluding hydrogens is 377 g/mol. The van der Waals surface area contributed by atoms with Crippen LogP contribution in [0.5, 0.6) is 11.5 Å². The Morgan fingerprint density at radius 1 is 1.00 bits per heavy atom. The standard InChI is InChI=1S/C18H16FNO6S/c1-24-14-6-5-12(9-15(14)25-2)20-10-17(18(21)26-3)27(22,23)16-7-4-11(19)8-13(16)20/h4-10H,1-3H3. The number of hydrogen-bond acceptors (Lipinski definition) is 7. The van der Waals surface area contributed by atoms with Gasteiger partial charge in [0.15, 0.2) is 16.4 Å². The minimum Gasteiger partial charge on any atom is -0.493 e. The molecule has 0 spiro atoms. The first kappa shape index (κ1) is 18.7.